The third-order valence-corrected chi connectivity index (χ3v) is 6.05. The molecule has 0 aromatic heterocycles. The van der Waals surface area contributed by atoms with Gasteiger partial charge in [0.1, 0.15) is 11.5 Å². The number of carbonyl (C=O) groups excluding carboxylic acids is 1. The maximum absolute atomic E-state index is 13.2. The van der Waals surface area contributed by atoms with Crippen molar-refractivity contribution in [1.29, 1.82) is 0 Å². The summed E-state index contributed by atoms with van der Waals surface area (Å²) in [5.41, 5.74) is 2.20. The zero-order valence-corrected chi connectivity index (χ0v) is 17.0. The smallest absolute Gasteiger partial charge is 0.231 e. The van der Waals surface area contributed by atoms with Crippen molar-refractivity contribution < 1.29 is 19.0 Å². The minimum atomic E-state index is -0.332. The van der Waals surface area contributed by atoms with Crippen molar-refractivity contribution in [3.05, 3.63) is 62.8 Å². The summed E-state index contributed by atoms with van der Waals surface area (Å²) in [7, 11) is 0. The molecular weight excluding hydrogens is 399 g/mol. The Kier molecular flexibility index (Phi) is 3.94. The summed E-state index contributed by atoms with van der Waals surface area (Å²) in [4.78, 5) is 13.2. The molecule has 144 valence electrons. The van der Waals surface area contributed by atoms with E-state index in [-0.39, 0.29) is 23.9 Å². The first-order valence-electron chi connectivity index (χ1n) is 9.15. The van der Waals surface area contributed by atoms with Crippen LogP contribution in [0.25, 0.3) is 0 Å². The van der Waals surface area contributed by atoms with Gasteiger partial charge in [0.25, 0.3) is 0 Å². The van der Waals surface area contributed by atoms with Crippen LogP contribution in [0, 0.1) is 5.41 Å². The molecule has 1 atom stereocenters. The Labute approximate surface area is 173 Å². The third-order valence-electron chi connectivity index (χ3n) is 5.49. The van der Waals surface area contributed by atoms with Gasteiger partial charge in [-0.25, -0.2) is 0 Å². The first kappa shape index (κ1) is 17.9. The molecule has 0 fully saturated rings. The number of fused-ring (bicyclic) bond motifs is 2. The molecule has 28 heavy (non-hydrogen) atoms. The highest BCUT2D eigenvalue weighted by atomic mass is 35.5. The van der Waals surface area contributed by atoms with Crippen LogP contribution in [0.2, 0.25) is 10.0 Å². The first-order chi connectivity index (χ1) is 13.3. The van der Waals surface area contributed by atoms with Gasteiger partial charge in [-0.1, -0.05) is 43.1 Å². The van der Waals surface area contributed by atoms with Gasteiger partial charge in [-0.15, -0.1) is 0 Å². The average Bonchev–Trinajstić information content (AvgIpc) is 3.05. The predicted molar refractivity (Wildman–Crippen MR) is 107 cm³/mol. The summed E-state index contributed by atoms with van der Waals surface area (Å²) in [6, 6.07) is 9.11. The molecule has 2 heterocycles. The number of ether oxygens (including phenoxy) is 3. The number of rotatable bonds is 1. The van der Waals surface area contributed by atoms with Crippen LogP contribution in [0.3, 0.4) is 0 Å². The summed E-state index contributed by atoms with van der Waals surface area (Å²) < 4.78 is 17.3. The molecule has 0 saturated carbocycles. The molecule has 6 heteroatoms. The van der Waals surface area contributed by atoms with Crippen molar-refractivity contribution in [3.8, 4) is 17.2 Å². The SMILES string of the molecule is CC1(C)CC(=O)C2=C(C1)Oc1cc3c(cc1C2c1ccc(Cl)cc1Cl)OCO3. The van der Waals surface area contributed by atoms with E-state index in [1.807, 2.05) is 18.2 Å². The van der Waals surface area contributed by atoms with E-state index >= 15 is 0 Å². The highest BCUT2D eigenvalue weighted by Gasteiger charge is 2.43. The van der Waals surface area contributed by atoms with Crippen molar-refractivity contribution in [2.24, 2.45) is 5.41 Å². The van der Waals surface area contributed by atoms with Crippen molar-refractivity contribution in [2.45, 2.75) is 32.6 Å². The molecule has 0 N–H and O–H groups in total. The molecule has 0 bridgehead atoms. The molecule has 0 saturated heterocycles. The third kappa shape index (κ3) is 2.78. The van der Waals surface area contributed by atoms with Crippen LogP contribution in [0.5, 0.6) is 17.2 Å². The van der Waals surface area contributed by atoms with Gasteiger partial charge < -0.3 is 14.2 Å². The second-order valence-corrected chi connectivity index (χ2v) is 9.07. The number of carbonyl (C=O) groups is 1. The lowest BCUT2D eigenvalue weighted by Crippen LogP contribution is -2.33. The minimum absolute atomic E-state index is 0.0885. The summed E-state index contributed by atoms with van der Waals surface area (Å²) in [5, 5.41) is 1.07. The zero-order chi connectivity index (χ0) is 19.6. The molecule has 0 amide bonds. The largest absolute Gasteiger partial charge is 0.461 e. The van der Waals surface area contributed by atoms with Gasteiger partial charge in [-0.3, -0.25) is 4.79 Å². The normalized spacial score (nSPS) is 21.9. The number of Topliss-reactive ketones (excluding diaryl/α,β-unsaturated/α-hetero) is 1. The number of allylic oxidation sites excluding steroid dienone is 2. The van der Waals surface area contributed by atoms with Crippen LogP contribution in [-0.2, 0) is 4.79 Å². The molecule has 1 aliphatic carbocycles. The second-order valence-electron chi connectivity index (χ2n) is 8.22. The molecule has 2 aromatic rings. The van der Waals surface area contributed by atoms with E-state index in [2.05, 4.69) is 13.8 Å². The fourth-order valence-corrected chi connectivity index (χ4v) is 4.81. The summed E-state index contributed by atoms with van der Waals surface area (Å²) in [6.45, 7) is 4.33. The maximum Gasteiger partial charge on any atom is 0.231 e. The number of benzene rings is 2. The Bertz CT molecular complexity index is 1050. The van der Waals surface area contributed by atoms with E-state index in [9.17, 15) is 4.79 Å². The molecule has 2 aromatic carbocycles. The van der Waals surface area contributed by atoms with Crippen LogP contribution in [0.4, 0.5) is 0 Å². The van der Waals surface area contributed by atoms with Crippen molar-refractivity contribution in [3.63, 3.8) is 0 Å². The van der Waals surface area contributed by atoms with Gasteiger partial charge >= 0.3 is 0 Å². The lowest BCUT2D eigenvalue weighted by Gasteiger charge is -2.38. The van der Waals surface area contributed by atoms with E-state index in [0.717, 1.165) is 11.1 Å². The highest BCUT2D eigenvalue weighted by molar-refractivity contribution is 6.35. The van der Waals surface area contributed by atoms with Crippen molar-refractivity contribution in [1.82, 2.24) is 0 Å². The minimum Gasteiger partial charge on any atom is -0.461 e. The molecule has 2 aliphatic heterocycles. The zero-order valence-electron chi connectivity index (χ0n) is 15.5. The lowest BCUT2D eigenvalue weighted by atomic mass is 9.70. The Hall–Kier alpha value is -2.17. The number of halogens is 2. The van der Waals surface area contributed by atoms with Crippen LogP contribution in [0.15, 0.2) is 41.7 Å². The standard InChI is InChI=1S/C22H18Cl2O4/c1-22(2)8-15(25)21-19(9-22)28-16-7-18-17(26-10-27-18)6-13(16)20(21)12-4-3-11(23)5-14(12)24/h3-7,20H,8-10H2,1-2H3. The Morgan fingerprint density at radius 2 is 1.71 bits per heavy atom. The van der Waals surface area contributed by atoms with Crippen LogP contribution < -0.4 is 14.2 Å². The van der Waals surface area contributed by atoms with Gasteiger partial charge in [-0.2, -0.15) is 0 Å². The maximum atomic E-state index is 13.2. The predicted octanol–water partition coefficient (Wildman–Crippen LogP) is 5.89. The van der Waals surface area contributed by atoms with Gasteiger partial charge in [0.05, 0.1) is 0 Å². The fourth-order valence-electron chi connectivity index (χ4n) is 4.29. The summed E-state index contributed by atoms with van der Waals surface area (Å²) in [5.74, 6) is 2.43. The molecule has 5 rings (SSSR count). The van der Waals surface area contributed by atoms with Crippen molar-refractivity contribution in [2.75, 3.05) is 6.79 Å². The Balaban J connectivity index is 1.75. The molecule has 3 aliphatic rings. The number of hydrogen-bond donors (Lipinski definition) is 0. The van der Waals surface area contributed by atoms with Crippen molar-refractivity contribution >= 4 is 29.0 Å². The monoisotopic (exact) mass is 416 g/mol. The Morgan fingerprint density at radius 1 is 0.964 bits per heavy atom. The first-order valence-corrected chi connectivity index (χ1v) is 9.90. The van der Waals surface area contributed by atoms with Gasteiger partial charge in [0, 0.05) is 46.0 Å². The summed E-state index contributed by atoms with van der Waals surface area (Å²) >= 11 is 12.7. The second kappa shape index (κ2) is 6.16. The molecule has 0 radical (unpaired) electrons. The molecule has 1 unspecified atom stereocenters. The average molecular weight is 417 g/mol. The van der Waals surface area contributed by atoms with Crippen LogP contribution in [-0.4, -0.2) is 12.6 Å². The van der Waals surface area contributed by atoms with E-state index in [1.165, 1.54) is 0 Å². The molecule has 0 spiro atoms. The highest BCUT2D eigenvalue weighted by Crippen LogP contribution is 2.53. The van der Waals surface area contributed by atoms with Gasteiger partial charge in [0.15, 0.2) is 17.3 Å². The number of hydrogen-bond acceptors (Lipinski definition) is 4. The van der Waals surface area contributed by atoms with E-state index in [0.29, 0.717) is 51.5 Å². The quantitative estimate of drug-likeness (QED) is 0.581. The number of ketones is 1. The topological polar surface area (TPSA) is 44.8 Å². The van der Waals surface area contributed by atoms with E-state index in [4.69, 9.17) is 37.4 Å². The van der Waals surface area contributed by atoms with E-state index in [1.54, 1.807) is 12.1 Å². The van der Waals surface area contributed by atoms with E-state index < -0.39 is 0 Å². The van der Waals surface area contributed by atoms with Gasteiger partial charge in [0.2, 0.25) is 6.79 Å². The Morgan fingerprint density at radius 3 is 2.46 bits per heavy atom. The fraction of sp³-hybridized carbons (Fsp3) is 0.318. The lowest BCUT2D eigenvalue weighted by molar-refractivity contribution is -0.118. The molecule has 4 nitrogen and oxygen atoms in total. The van der Waals surface area contributed by atoms with Crippen LogP contribution in [0.1, 0.15) is 43.7 Å². The summed E-state index contributed by atoms with van der Waals surface area (Å²) in [6.07, 6.45) is 1.15. The van der Waals surface area contributed by atoms with Crippen LogP contribution >= 0.6 is 23.2 Å². The van der Waals surface area contributed by atoms with Gasteiger partial charge in [-0.05, 0) is 29.2 Å². The molecular formula is C22H18Cl2O4.